The van der Waals surface area contributed by atoms with Crippen LogP contribution < -0.4 is 33.3 Å². The molecule has 15 heteroatoms. The van der Waals surface area contributed by atoms with Crippen molar-refractivity contribution in [3.05, 3.63) is 35.9 Å². The summed E-state index contributed by atoms with van der Waals surface area (Å²) >= 11 is 0. The molecule has 164 valence electrons. The van der Waals surface area contributed by atoms with Crippen LogP contribution in [0.25, 0.3) is 16.9 Å². The number of nitrogens with zero attached hydrogens (tertiary/aromatic N) is 4. The van der Waals surface area contributed by atoms with Crippen LogP contribution in [0.4, 0.5) is 5.95 Å². The number of hydrogen-bond donors (Lipinski definition) is 6. The van der Waals surface area contributed by atoms with Gasteiger partial charge in [0.1, 0.15) is 4.90 Å². The van der Waals surface area contributed by atoms with Crippen molar-refractivity contribution in [1.29, 1.82) is 0 Å². The van der Waals surface area contributed by atoms with Crippen LogP contribution in [0.1, 0.15) is 5.56 Å². The molecule has 1 atom stereocenters. The molecule has 1 unspecified atom stereocenters. The molecular formula is C16H20N10O3S2. The summed E-state index contributed by atoms with van der Waals surface area (Å²) in [6.07, 6.45) is 0. The fourth-order valence-corrected chi connectivity index (χ4v) is 6.14. The van der Waals surface area contributed by atoms with Crippen molar-refractivity contribution in [3.8, 4) is 11.3 Å². The minimum atomic E-state index is -4.38. The van der Waals surface area contributed by atoms with Crippen LogP contribution in [0.3, 0.4) is 0 Å². The van der Waals surface area contributed by atoms with Gasteiger partial charge in [0, 0.05) is 24.2 Å². The molecule has 0 spiro atoms. The van der Waals surface area contributed by atoms with Crippen LogP contribution >= 0.6 is 0 Å². The van der Waals surface area contributed by atoms with Crippen LogP contribution in [0.5, 0.6) is 0 Å². The molecule has 1 fully saturated rings. The highest BCUT2D eigenvalue weighted by Crippen LogP contribution is 2.34. The van der Waals surface area contributed by atoms with Crippen molar-refractivity contribution in [3.63, 3.8) is 0 Å². The molecule has 0 bridgehead atoms. The standard InChI is InChI=1S/C16H20N10O3S2/c17-15(23-25-19)13-9(10-2-1-3-12-22-16(18)24-26(10)12)4-5-11(14(13)31(20,28)29)30(27)8-6-21-7-8/h1-5,8,21,25H,6-7,19H2,(H2,17,23)(H2,18,24)(H2,20,28,29). The maximum atomic E-state index is 13.1. The first-order valence-corrected chi connectivity index (χ1v) is 11.7. The van der Waals surface area contributed by atoms with Crippen molar-refractivity contribution in [2.24, 2.45) is 21.8 Å². The zero-order valence-corrected chi connectivity index (χ0v) is 17.7. The van der Waals surface area contributed by atoms with E-state index in [1.165, 1.54) is 10.6 Å². The Bertz CT molecular complexity index is 1330. The molecule has 0 aliphatic carbocycles. The van der Waals surface area contributed by atoms with Crippen LogP contribution in [-0.2, 0) is 20.8 Å². The first-order chi connectivity index (χ1) is 14.7. The lowest BCUT2D eigenvalue weighted by molar-refractivity contribution is 0.525. The molecule has 1 aliphatic heterocycles. The summed E-state index contributed by atoms with van der Waals surface area (Å²) in [6.45, 7) is 0.971. The number of aromatic nitrogens is 3. The quantitative estimate of drug-likeness (QED) is 0.0998. The van der Waals surface area contributed by atoms with Gasteiger partial charge in [-0.3, -0.25) is 4.21 Å². The lowest BCUT2D eigenvalue weighted by Gasteiger charge is -2.27. The molecular weight excluding hydrogens is 444 g/mol. The normalized spacial score (nSPS) is 16.3. The largest absolute Gasteiger partial charge is 0.382 e. The molecule has 1 aliphatic rings. The van der Waals surface area contributed by atoms with Crippen LogP contribution in [0.15, 0.2) is 45.2 Å². The van der Waals surface area contributed by atoms with Gasteiger partial charge < -0.3 is 16.8 Å². The Balaban J connectivity index is 2.09. The Kier molecular flexibility index (Phi) is 5.36. The zero-order chi connectivity index (χ0) is 22.3. The third kappa shape index (κ3) is 3.72. The number of pyridine rings is 1. The summed E-state index contributed by atoms with van der Waals surface area (Å²) in [7, 11) is -6.04. The monoisotopic (exact) mass is 464 g/mol. The Morgan fingerprint density at radius 3 is 2.65 bits per heavy atom. The van der Waals surface area contributed by atoms with E-state index < -0.39 is 25.7 Å². The number of anilines is 1. The van der Waals surface area contributed by atoms with Gasteiger partial charge in [-0.05, 0) is 18.2 Å². The Hall–Kier alpha value is -3.11. The van der Waals surface area contributed by atoms with E-state index >= 15 is 0 Å². The molecule has 3 heterocycles. The number of rotatable bonds is 6. The minimum Gasteiger partial charge on any atom is -0.382 e. The Labute approximate surface area is 179 Å². The zero-order valence-electron chi connectivity index (χ0n) is 16.0. The molecule has 0 radical (unpaired) electrons. The Morgan fingerprint density at radius 1 is 1.29 bits per heavy atom. The van der Waals surface area contributed by atoms with Crippen LogP contribution in [0, 0.1) is 0 Å². The number of fused-ring (bicyclic) bond motifs is 1. The average Bonchev–Trinajstić information content (AvgIpc) is 3.05. The van der Waals surface area contributed by atoms with Gasteiger partial charge in [-0.2, -0.15) is 4.98 Å². The number of nitrogen functional groups attached to an aromatic ring is 1. The summed E-state index contributed by atoms with van der Waals surface area (Å²) in [6, 6.07) is 8.07. The molecule has 2 aromatic heterocycles. The van der Waals surface area contributed by atoms with Crippen molar-refractivity contribution in [2.45, 2.75) is 15.0 Å². The number of sulfonamides is 1. The van der Waals surface area contributed by atoms with Gasteiger partial charge >= 0.3 is 0 Å². The highest BCUT2D eigenvalue weighted by molar-refractivity contribution is 7.91. The predicted octanol–water partition coefficient (Wildman–Crippen LogP) is -2.21. The van der Waals surface area contributed by atoms with Gasteiger partial charge in [-0.1, -0.05) is 12.1 Å². The molecule has 31 heavy (non-hydrogen) atoms. The second-order valence-electron chi connectivity index (χ2n) is 6.72. The smallest absolute Gasteiger partial charge is 0.240 e. The average molecular weight is 465 g/mol. The van der Waals surface area contributed by atoms with E-state index in [0.29, 0.717) is 30.0 Å². The molecule has 13 nitrogen and oxygen atoms in total. The molecule has 1 aromatic carbocycles. The number of nitrogens with one attached hydrogen (secondary N) is 2. The van der Waals surface area contributed by atoms with Gasteiger partial charge in [0.05, 0.1) is 26.6 Å². The summed E-state index contributed by atoms with van der Waals surface area (Å²) < 4.78 is 39.9. The van der Waals surface area contributed by atoms with E-state index in [-0.39, 0.29) is 27.5 Å². The highest BCUT2D eigenvalue weighted by Gasteiger charge is 2.33. The van der Waals surface area contributed by atoms with Gasteiger partial charge in [-0.15, -0.1) is 10.2 Å². The third-order valence-corrected chi connectivity index (χ3v) is 7.60. The van der Waals surface area contributed by atoms with Gasteiger partial charge in [-0.25, -0.2) is 29.4 Å². The molecule has 0 saturated carbocycles. The highest BCUT2D eigenvalue weighted by atomic mass is 32.2. The molecule has 1 saturated heterocycles. The van der Waals surface area contributed by atoms with E-state index in [0.717, 1.165) is 0 Å². The third-order valence-electron chi connectivity index (χ3n) is 4.76. The molecule has 3 aromatic rings. The van der Waals surface area contributed by atoms with Crippen molar-refractivity contribution in [2.75, 3.05) is 18.8 Å². The number of nitrogens with two attached hydrogens (primary N) is 4. The first kappa shape index (κ1) is 21.1. The SMILES string of the molecule is NN/N=C(\N)c1c(-c2cccc3nc(N)nn23)ccc(S(=O)C2CNC2)c1S(N)(=O)=O. The van der Waals surface area contributed by atoms with Gasteiger partial charge in [0.15, 0.2) is 11.5 Å². The molecule has 10 N–H and O–H groups in total. The summed E-state index contributed by atoms with van der Waals surface area (Å²) in [5.74, 6) is 5.04. The van der Waals surface area contributed by atoms with Crippen LogP contribution in [0.2, 0.25) is 0 Å². The maximum absolute atomic E-state index is 13.1. The topological polar surface area (TPSA) is 222 Å². The van der Waals surface area contributed by atoms with E-state index in [9.17, 15) is 12.6 Å². The predicted molar refractivity (Wildman–Crippen MR) is 115 cm³/mol. The van der Waals surface area contributed by atoms with Crippen molar-refractivity contribution >= 4 is 38.3 Å². The summed E-state index contributed by atoms with van der Waals surface area (Å²) in [5, 5.41) is 16.2. The summed E-state index contributed by atoms with van der Waals surface area (Å²) in [4.78, 5) is 3.75. The number of hydrogen-bond acceptors (Lipinski definition) is 10. The number of primary sulfonamides is 1. The maximum Gasteiger partial charge on any atom is 0.240 e. The first-order valence-electron chi connectivity index (χ1n) is 8.94. The summed E-state index contributed by atoms with van der Waals surface area (Å²) in [5.41, 5.74) is 15.0. The second-order valence-corrected chi connectivity index (χ2v) is 9.91. The van der Waals surface area contributed by atoms with Crippen molar-refractivity contribution in [1.82, 2.24) is 25.4 Å². The lowest BCUT2D eigenvalue weighted by Crippen LogP contribution is -2.49. The van der Waals surface area contributed by atoms with Gasteiger partial charge in [0.25, 0.3) is 0 Å². The fourth-order valence-electron chi connectivity index (χ4n) is 3.32. The van der Waals surface area contributed by atoms with E-state index in [2.05, 4.69) is 20.5 Å². The van der Waals surface area contributed by atoms with Gasteiger partial charge in [0.2, 0.25) is 16.0 Å². The van der Waals surface area contributed by atoms with E-state index in [1.54, 1.807) is 24.3 Å². The van der Waals surface area contributed by atoms with E-state index in [4.69, 9.17) is 22.4 Å². The second kappa shape index (κ2) is 7.86. The fraction of sp³-hybridized carbons (Fsp3) is 0.188. The molecule has 4 rings (SSSR count). The number of hydrazine groups is 1. The number of amidine groups is 1. The number of benzene rings is 1. The number of hydrazone groups is 1. The lowest BCUT2D eigenvalue weighted by atomic mass is 10.0. The van der Waals surface area contributed by atoms with Crippen molar-refractivity contribution < 1.29 is 12.6 Å². The van der Waals surface area contributed by atoms with E-state index in [1.807, 2.05) is 5.53 Å². The van der Waals surface area contributed by atoms with Crippen LogP contribution in [-0.4, -0.2) is 51.4 Å². The Morgan fingerprint density at radius 2 is 2.03 bits per heavy atom. The minimum absolute atomic E-state index is 0.0288. The molecule has 0 amide bonds.